The van der Waals surface area contributed by atoms with Crippen LogP contribution in [0.1, 0.15) is 0 Å². The zero-order valence-electron chi connectivity index (χ0n) is 8.55. The average molecular weight is 214 g/mol. The Labute approximate surface area is 87.4 Å². The van der Waals surface area contributed by atoms with Crippen LogP contribution in [0.2, 0.25) is 0 Å². The summed E-state index contributed by atoms with van der Waals surface area (Å²) in [7, 11) is 1.36. The summed E-state index contributed by atoms with van der Waals surface area (Å²) >= 11 is 0. The van der Waals surface area contributed by atoms with Gasteiger partial charge in [-0.2, -0.15) is 0 Å². The number of carbonyl (C=O) groups is 2. The van der Waals surface area contributed by atoms with Gasteiger partial charge in [-0.05, 0) is 0 Å². The monoisotopic (exact) mass is 214 g/mol. The number of carbonyl (C=O) groups excluding carboxylic acids is 1. The van der Waals surface area contributed by atoms with Crippen LogP contribution in [0, 0.1) is 11.8 Å². The van der Waals surface area contributed by atoms with Gasteiger partial charge in [0.25, 0.3) is 0 Å². The summed E-state index contributed by atoms with van der Waals surface area (Å²) < 4.78 is 4.63. The first kappa shape index (κ1) is 10.1. The van der Waals surface area contributed by atoms with Gasteiger partial charge in [0.1, 0.15) is 0 Å². The van der Waals surface area contributed by atoms with Crippen LogP contribution < -0.4 is 0 Å². The number of amides is 2. The topological polar surface area (TPSA) is 70.1 Å². The minimum atomic E-state index is -0.867. The van der Waals surface area contributed by atoms with Crippen molar-refractivity contribution in [1.29, 1.82) is 0 Å². The second-order valence-corrected chi connectivity index (χ2v) is 4.08. The predicted octanol–water partition coefficient (Wildman–Crippen LogP) is 0.294. The normalized spacial score (nSPS) is 29.1. The van der Waals surface area contributed by atoms with Crippen LogP contribution >= 0.6 is 0 Å². The van der Waals surface area contributed by atoms with E-state index in [4.69, 9.17) is 5.11 Å². The molecule has 2 amide bonds. The highest BCUT2D eigenvalue weighted by Gasteiger charge is 2.43. The van der Waals surface area contributed by atoms with E-state index in [1.165, 1.54) is 12.0 Å². The van der Waals surface area contributed by atoms with Gasteiger partial charge >= 0.3 is 12.2 Å². The maximum Gasteiger partial charge on any atom is 0.409 e. The number of likely N-dealkylation sites (tertiary alicyclic amines) is 2. The lowest BCUT2D eigenvalue weighted by Gasteiger charge is -2.18. The highest BCUT2D eigenvalue weighted by molar-refractivity contribution is 5.68. The molecular weight excluding hydrogens is 200 g/mol. The lowest BCUT2D eigenvalue weighted by atomic mass is 10.0. The number of rotatable bonds is 0. The fourth-order valence-electron chi connectivity index (χ4n) is 2.43. The molecule has 2 fully saturated rings. The van der Waals surface area contributed by atoms with Crippen LogP contribution in [0.25, 0.3) is 0 Å². The maximum absolute atomic E-state index is 11.2. The Bertz CT molecular complexity index is 280. The second kappa shape index (κ2) is 3.60. The number of methoxy groups -OCH3 is 1. The maximum atomic E-state index is 11.2. The standard InChI is InChI=1S/C9H14N2O4/c1-15-9(14)11-4-6-2-10(8(12)13)3-7(6)5-11/h6-7H,2-5H2,1H3,(H,12,13). The lowest BCUT2D eigenvalue weighted by molar-refractivity contribution is 0.125. The molecule has 2 unspecified atom stereocenters. The molecule has 0 aromatic carbocycles. The molecule has 0 saturated carbocycles. The van der Waals surface area contributed by atoms with Gasteiger partial charge < -0.3 is 19.6 Å². The molecule has 0 spiro atoms. The summed E-state index contributed by atoms with van der Waals surface area (Å²) in [6.07, 6.45) is -1.18. The molecule has 2 rings (SSSR count). The molecule has 0 aromatic heterocycles. The van der Waals surface area contributed by atoms with E-state index in [1.807, 2.05) is 0 Å². The zero-order valence-corrected chi connectivity index (χ0v) is 8.55. The largest absolute Gasteiger partial charge is 0.465 e. The molecule has 1 N–H and O–H groups in total. The van der Waals surface area contributed by atoms with Crippen molar-refractivity contribution in [2.24, 2.45) is 11.8 Å². The molecule has 0 aromatic rings. The molecule has 2 atom stereocenters. The molecule has 2 saturated heterocycles. The fourth-order valence-corrected chi connectivity index (χ4v) is 2.43. The van der Waals surface area contributed by atoms with Crippen LogP contribution in [-0.4, -0.2) is 60.4 Å². The molecular formula is C9H14N2O4. The van der Waals surface area contributed by atoms with E-state index in [1.54, 1.807) is 4.90 Å². The summed E-state index contributed by atoms with van der Waals surface area (Å²) in [5, 5.41) is 8.81. The fraction of sp³-hybridized carbons (Fsp3) is 0.778. The number of hydrogen-bond acceptors (Lipinski definition) is 3. The van der Waals surface area contributed by atoms with E-state index in [2.05, 4.69) is 4.74 Å². The van der Waals surface area contributed by atoms with Crippen LogP contribution in [0.3, 0.4) is 0 Å². The average Bonchev–Trinajstić information content (AvgIpc) is 2.72. The SMILES string of the molecule is COC(=O)N1CC2CN(C(=O)O)CC2C1. The summed E-state index contributed by atoms with van der Waals surface area (Å²) in [4.78, 5) is 25.0. The predicted molar refractivity (Wildman–Crippen MR) is 50.6 cm³/mol. The van der Waals surface area contributed by atoms with E-state index in [0.717, 1.165) is 0 Å². The number of ether oxygens (including phenoxy) is 1. The van der Waals surface area contributed by atoms with E-state index < -0.39 is 6.09 Å². The van der Waals surface area contributed by atoms with Gasteiger partial charge in [0.05, 0.1) is 7.11 Å². The van der Waals surface area contributed by atoms with E-state index >= 15 is 0 Å². The Morgan fingerprint density at radius 3 is 2.00 bits per heavy atom. The van der Waals surface area contributed by atoms with E-state index in [9.17, 15) is 9.59 Å². The van der Waals surface area contributed by atoms with E-state index in [-0.39, 0.29) is 17.9 Å². The van der Waals surface area contributed by atoms with Crippen molar-refractivity contribution in [2.75, 3.05) is 33.3 Å². The van der Waals surface area contributed by atoms with Crippen molar-refractivity contribution >= 4 is 12.2 Å². The van der Waals surface area contributed by atoms with Gasteiger partial charge in [-0.25, -0.2) is 9.59 Å². The molecule has 0 aliphatic carbocycles. The van der Waals surface area contributed by atoms with Gasteiger partial charge in [-0.15, -0.1) is 0 Å². The third kappa shape index (κ3) is 1.71. The number of fused-ring (bicyclic) bond motifs is 1. The molecule has 15 heavy (non-hydrogen) atoms. The molecule has 2 aliphatic rings. The van der Waals surface area contributed by atoms with Gasteiger partial charge in [-0.1, -0.05) is 0 Å². The van der Waals surface area contributed by atoms with Gasteiger partial charge in [-0.3, -0.25) is 0 Å². The summed E-state index contributed by atoms with van der Waals surface area (Å²) in [5.74, 6) is 0.556. The molecule has 84 valence electrons. The summed E-state index contributed by atoms with van der Waals surface area (Å²) in [6, 6.07) is 0. The van der Waals surface area contributed by atoms with Crippen LogP contribution in [0.15, 0.2) is 0 Å². The van der Waals surface area contributed by atoms with Crippen LogP contribution in [0.4, 0.5) is 9.59 Å². The highest BCUT2D eigenvalue weighted by Crippen LogP contribution is 2.31. The third-order valence-corrected chi connectivity index (χ3v) is 3.19. The van der Waals surface area contributed by atoms with Crippen molar-refractivity contribution in [3.8, 4) is 0 Å². The van der Waals surface area contributed by atoms with Gasteiger partial charge in [0.15, 0.2) is 0 Å². The number of nitrogens with zero attached hydrogens (tertiary/aromatic N) is 2. The van der Waals surface area contributed by atoms with Crippen molar-refractivity contribution in [2.45, 2.75) is 0 Å². The molecule has 0 bridgehead atoms. The van der Waals surface area contributed by atoms with Gasteiger partial charge in [0.2, 0.25) is 0 Å². The first-order valence-corrected chi connectivity index (χ1v) is 4.92. The Hall–Kier alpha value is -1.46. The van der Waals surface area contributed by atoms with Crippen molar-refractivity contribution in [1.82, 2.24) is 9.80 Å². The third-order valence-electron chi connectivity index (χ3n) is 3.19. The van der Waals surface area contributed by atoms with Crippen molar-refractivity contribution in [3.05, 3.63) is 0 Å². The zero-order chi connectivity index (χ0) is 11.0. The molecule has 6 nitrogen and oxygen atoms in total. The van der Waals surface area contributed by atoms with E-state index in [0.29, 0.717) is 26.2 Å². The molecule has 2 aliphatic heterocycles. The van der Waals surface area contributed by atoms with Crippen molar-refractivity contribution < 1.29 is 19.4 Å². The highest BCUT2D eigenvalue weighted by atomic mass is 16.5. The van der Waals surface area contributed by atoms with Crippen LogP contribution in [0.5, 0.6) is 0 Å². The quantitative estimate of drug-likeness (QED) is 0.629. The summed E-state index contributed by atoms with van der Waals surface area (Å²) in [5.41, 5.74) is 0. The molecule has 0 radical (unpaired) electrons. The molecule has 2 heterocycles. The Kier molecular flexibility index (Phi) is 2.42. The first-order chi connectivity index (χ1) is 7.11. The lowest BCUT2D eigenvalue weighted by Crippen LogP contribution is -2.34. The Balaban J connectivity index is 1.93. The second-order valence-electron chi connectivity index (χ2n) is 4.08. The van der Waals surface area contributed by atoms with Gasteiger partial charge in [0, 0.05) is 38.0 Å². The van der Waals surface area contributed by atoms with Crippen molar-refractivity contribution in [3.63, 3.8) is 0 Å². The van der Waals surface area contributed by atoms with Crippen LogP contribution in [-0.2, 0) is 4.74 Å². The smallest absolute Gasteiger partial charge is 0.409 e. The minimum absolute atomic E-state index is 0.278. The Morgan fingerprint density at radius 2 is 1.60 bits per heavy atom. The number of carboxylic acid groups (broad SMARTS) is 1. The molecule has 6 heteroatoms. The number of hydrogen-bond donors (Lipinski definition) is 1. The summed E-state index contributed by atoms with van der Waals surface area (Å²) in [6.45, 7) is 2.29. The Morgan fingerprint density at radius 1 is 1.13 bits per heavy atom. The minimum Gasteiger partial charge on any atom is -0.465 e. The first-order valence-electron chi connectivity index (χ1n) is 4.92.